The number of hydrogen-bond donors (Lipinski definition) is 1. The molecular weight excluding hydrogens is 400 g/mol. The second-order valence-electron chi connectivity index (χ2n) is 6.18. The Kier molecular flexibility index (Phi) is 6.22. The van der Waals surface area contributed by atoms with Crippen molar-refractivity contribution in [3.05, 3.63) is 52.5 Å². The number of nitrogens with one attached hydrogen (secondary N) is 1. The summed E-state index contributed by atoms with van der Waals surface area (Å²) >= 11 is 1.53. The molecule has 0 aliphatic rings. The van der Waals surface area contributed by atoms with Gasteiger partial charge in [-0.05, 0) is 23.1 Å². The van der Waals surface area contributed by atoms with Crippen molar-refractivity contribution in [1.82, 2.24) is 19.8 Å². The first-order chi connectivity index (χ1) is 13.4. The summed E-state index contributed by atoms with van der Waals surface area (Å²) in [5.74, 6) is 0.582. The van der Waals surface area contributed by atoms with Crippen LogP contribution in [0.5, 0.6) is 0 Å². The van der Waals surface area contributed by atoms with Gasteiger partial charge in [0.2, 0.25) is 27.7 Å². The van der Waals surface area contributed by atoms with Crippen molar-refractivity contribution in [2.24, 2.45) is 0 Å². The Bertz CT molecular complexity index is 1040. The van der Waals surface area contributed by atoms with E-state index in [1.807, 2.05) is 16.8 Å². The van der Waals surface area contributed by atoms with Gasteiger partial charge in [0.05, 0.1) is 4.90 Å². The highest BCUT2D eigenvalue weighted by Gasteiger charge is 2.20. The normalized spacial score (nSPS) is 11.7. The lowest BCUT2D eigenvalue weighted by Gasteiger charge is -2.15. The number of aromatic nitrogens is 2. The molecule has 2 heterocycles. The molecule has 28 heavy (non-hydrogen) atoms. The van der Waals surface area contributed by atoms with E-state index in [1.54, 1.807) is 18.2 Å². The third kappa shape index (κ3) is 4.64. The standard InChI is InChI=1S/C18H20N4O4S2/c1-22(2)28(24,25)15-6-4-3-5-13(15)11-19-16(23)7-8-17-20-21-18(26-17)14-9-10-27-12-14/h3-6,9-10,12H,7-8,11H2,1-2H3,(H,19,23). The van der Waals surface area contributed by atoms with Gasteiger partial charge in [-0.2, -0.15) is 11.3 Å². The number of benzene rings is 1. The van der Waals surface area contributed by atoms with Crippen molar-refractivity contribution in [2.45, 2.75) is 24.3 Å². The van der Waals surface area contributed by atoms with Crippen molar-refractivity contribution < 1.29 is 17.6 Å². The minimum Gasteiger partial charge on any atom is -0.421 e. The van der Waals surface area contributed by atoms with Crippen LogP contribution in [-0.2, 0) is 27.8 Å². The van der Waals surface area contributed by atoms with Crippen molar-refractivity contribution in [1.29, 1.82) is 0 Å². The Morgan fingerprint density at radius 1 is 1.21 bits per heavy atom. The predicted molar refractivity (Wildman–Crippen MR) is 105 cm³/mol. The van der Waals surface area contributed by atoms with E-state index in [4.69, 9.17) is 4.42 Å². The smallest absolute Gasteiger partial charge is 0.248 e. The topological polar surface area (TPSA) is 105 Å². The van der Waals surface area contributed by atoms with Crippen LogP contribution in [0, 0.1) is 0 Å². The molecule has 1 aromatic carbocycles. The first-order valence-electron chi connectivity index (χ1n) is 8.50. The van der Waals surface area contributed by atoms with E-state index in [1.165, 1.54) is 31.5 Å². The van der Waals surface area contributed by atoms with Gasteiger partial charge in [0.15, 0.2) is 0 Å². The fourth-order valence-corrected chi connectivity index (χ4v) is 4.20. The minimum atomic E-state index is -3.58. The fraction of sp³-hybridized carbons (Fsp3) is 0.278. The summed E-state index contributed by atoms with van der Waals surface area (Å²) in [6.45, 7) is 0.117. The summed E-state index contributed by atoms with van der Waals surface area (Å²) in [6.07, 6.45) is 0.467. The highest BCUT2D eigenvalue weighted by atomic mass is 32.2. The third-order valence-corrected chi connectivity index (χ3v) is 6.61. The number of carbonyl (C=O) groups excluding carboxylic acids is 1. The van der Waals surface area contributed by atoms with E-state index < -0.39 is 10.0 Å². The molecule has 0 saturated carbocycles. The second-order valence-corrected chi connectivity index (χ2v) is 9.09. The lowest BCUT2D eigenvalue weighted by Crippen LogP contribution is -2.27. The zero-order chi connectivity index (χ0) is 20.1. The lowest BCUT2D eigenvalue weighted by atomic mass is 10.2. The minimum absolute atomic E-state index is 0.117. The Labute approximate surface area is 167 Å². The SMILES string of the molecule is CN(C)S(=O)(=O)c1ccccc1CNC(=O)CCc1nnc(-c2ccsc2)o1. The average molecular weight is 421 g/mol. The van der Waals surface area contributed by atoms with Gasteiger partial charge in [-0.3, -0.25) is 4.79 Å². The quantitative estimate of drug-likeness (QED) is 0.599. The molecule has 1 N–H and O–H groups in total. The summed E-state index contributed by atoms with van der Waals surface area (Å²) in [5, 5.41) is 14.5. The molecule has 0 spiro atoms. The molecule has 0 atom stereocenters. The van der Waals surface area contributed by atoms with Gasteiger partial charge < -0.3 is 9.73 Å². The second kappa shape index (κ2) is 8.63. The first-order valence-corrected chi connectivity index (χ1v) is 10.9. The van der Waals surface area contributed by atoms with Crippen LogP contribution in [0.25, 0.3) is 11.5 Å². The van der Waals surface area contributed by atoms with Gasteiger partial charge in [0, 0.05) is 44.4 Å². The van der Waals surface area contributed by atoms with Gasteiger partial charge in [0.25, 0.3) is 0 Å². The van der Waals surface area contributed by atoms with E-state index in [0.29, 0.717) is 23.8 Å². The van der Waals surface area contributed by atoms with Crippen molar-refractivity contribution in [3.63, 3.8) is 0 Å². The zero-order valence-corrected chi connectivity index (χ0v) is 17.1. The van der Waals surface area contributed by atoms with Crippen LogP contribution in [0.2, 0.25) is 0 Å². The number of aryl methyl sites for hydroxylation is 1. The average Bonchev–Trinajstić information content (AvgIpc) is 3.36. The lowest BCUT2D eigenvalue weighted by molar-refractivity contribution is -0.121. The van der Waals surface area contributed by atoms with Crippen molar-refractivity contribution >= 4 is 27.3 Å². The summed E-state index contributed by atoms with van der Waals surface area (Å²) in [6, 6.07) is 8.49. The van der Waals surface area contributed by atoms with E-state index in [9.17, 15) is 13.2 Å². The molecule has 2 aromatic heterocycles. The van der Waals surface area contributed by atoms with E-state index >= 15 is 0 Å². The summed E-state index contributed by atoms with van der Waals surface area (Å²) < 4.78 is 31.5. The van der Waals surface area contributed by atoms with Gasteiger partial charge in [-0.25, -0.2) is 12.7 Å². The van der Waals surface area contributed by atoms with Gasteiger partial charge in [-0.1, -0.05) is 18.2 Å². The molecule has 0 unspecified atom stereocenters. The van der Waals surface area contributed by atoms with Gasteiger partial charge >= 0.3 is 0 Å². The van der Waals surface area contributed by atoms with E-state index in [-0.39, 0.29) is 23.8 Å². The first kappa shape index (κ1) is 20.2. The number of nitrogens with zero attached hydrogens (tertiary/aromatic N) is 3. The number of hydrogen-bond acceptors (Lipinski definition) is 7. The highest BCUT2D eigenvalue weighted by molar-refractivity contribution is 7.89. The van der Waals surface area contributed by atoms with Gasteiger partial charge in [-0.15, -0.1) is 10.2 Å². The fourth-order valence-electron chi connectivity index (χ4n) is 2.46. The Morgan fingerprint density at radius 2 is 2.00 bits per heavy atom. The van der Waals surface area contributed by atoms with Crippen LogP contribution in [-0.4, -0.2) is 42.9 Å². The molecule has 3 rings (SSSR count). The van der Waals surface area contributed by atoms with E-state index in [2.05, 4.69) is 15.5 Å². The molecule has 0 aliphatic heterocycles. The largest absolute Gasteiger partial charge is 0.421 e. The predicted octanol–water partition coefficient (Wildman–Crippen LogP) is 2.30. The maximum absolute atomic E-state index is 12.4. The molecule has 0 bridgehead atoms. The highest BCUT2D eigenvalue weighted by Crippen LogP contribution is 2.21. The molecule has 148 valence electrons. The summed E-state index contributed by atoms with van der Waals surface area (Å²) in [4.78, 5) is 12.3. The molecule has 1 amide bonds. The molecule has 10 heteroatoms. The van der Waals surface area contributed by atoms with E-state index in [0.717, 1.165) is 9.87 Å². The molecule has 0 fully saturated rings. The summed E-state index contributed by atoms with van der Waals surface area (Å²) in [5.41, 5.74) is 1.38. The molecule has 0 saturated heterocycles. The molecule has 0 aliphatic carbocycles. The van der Waals surface area contributed by atoms with Crippen LogP contribution in [0.15, 0.2) is 50.4 Å². The zero-order valence-electron chi connectivity index (χ0n) is 15.5. The van der Waals surface area contributed by atoms with Gasteiger partial charge in [0.1, 0.15) is 0 Å². The maximum Gasteiger partial charge on any atom is 0.248 e. The van der Waals surface area contributed by atoms with Crippen LogP contribution in [0.4, 0.5) is 0 Å². The summed E-state index contributed by atoms with van der Waals surface area (Å²) in [7, 11) is -0.637. The molecule has 0 radical (unpaired) electrons. The van der Waals surface area contributed by atoms with Crippen LogP contribution < -0.4 is 5.32 Å². The number of amides is 1. The number of sulfonamides is 1. The third-order valence-electron chi connectivity index (χ3n) is 4.01. The molecular formula is C18H20N4O4S2. The Hall–Kier alpha value is -2.56. The molecule has 8 nitrogen and oxygen atoms in total. The van der Waals surface area contributed by atoms with Crippen molar-refractivity contribution in [3.8, 4) is 11.5 Å². The number of thiophene rings is 1. The van der Waals surface area contributed by atoms with Crippen LogP contribution in [0.1, 0.15) is 17.9 Å². The number of rotatable bonds is 8. The Morgan fingerprint density at radius 3 is 2.71 bits per heavy atom. The van der Waals surface area contributed by atoms with Crippen molar-refractivity contribution in [2.75, 3.05) is 14.1 Å². The number of carbonyl (C=O) groups is 1. The monoisotopic (exact) mass is 420 g/mol. The van der Waals surface area contributed by atoms with Crippen LogP contribution in [0.3, 0.4) is 0 Å². The molecule has 3 aromatic rings. The van der Waals surface area contributed by atoms with Crippen LogP contribution >= 0.6 is 11.3 Å². The Balaban J connectivity index is 1.57. The maximum atomic E-state index is 12.4.